The van der Waals surface area contributed by atoms with E-state index in [4.69, 9.17) is 14.5 Å². The predicted molar refractivity (Wildman–Crippen MR) is 122 cm³/mol. The highest BCUT2D eigenvalue weighted by Crippen LogP contribution is 2.40. The van der Waals surface area contributed by atoms with Crippen LogP contribution in [0.2, 0.25) is 0 Å². The van der Waals surface area contributed by atoms with Crippen molar-refractivity contribution in [2.45, 2.75) is 6.42 Å². The Balaban J connectivity index is 0.00000240. The minimum Gasteiger partial charge on any atom is -0.454 e. The van der Waals surface area contributed by atoms with Gasteiger partial charge >= 0.3 is 0 Å². The van der Waals surface area contributed by atoms with Crippen molar-refractivity contribution < 1.29 is 14.3 Å². The molecule has 0 bridgehead atoms. The van der Waals surface area contributed by atoms with Gasteiger partial charge in [-0.25, -0.2) is 4.98 Å². The Labute approximate surface area is 188 Å². The third-order valence-corrected chi connectivity index (χ3v) is 6.17. The zero-order valence-electron chi connectivity index (χ0n) is 16.1. The van der Waals surface area contributed by atoms with Gasteiger partial charge in [0.15, 0.2) is 16.6 Å². The number of halogens is 2. The van der Waals surface area contributed by atoms with Gasteiger partial charge in [-0.1, -0.05) is 23.5 Å². The largest absolute Gasteiger partial charge is 0.454 e. The minimum atomic E-state index is -0.0645. The topological polar surface area (TPSA) is 54.9 Å². The summed E-state index contributed by atoms with van der Waals surface area (Å²) >= 11 is 4.98. The van der Waals surface area contributed by atoms with Crippen LogP contribution in [0.4, 0.5) is 5.13 Å². The summed E-state index contributed by atoms with van der Waals surface area (Å²) in [6, 6.07) is 11.3. The molecular weight excluding hydrogens is 478 g/mol. The van der Waals surface area contributed by atoms with Crippen LogP contribution in [-0.4, -0.2) is 49.8 Å². The SMILES string of the molecule is CN(C)CCCN(C(=O)c1ccccc1Br)c1nc2cc3c(cc2s1)OCO3.Cl. The van der Waals surface area contributed by atoms with Crippen LogP contribution in [0.5, 0.6) is 11.5 Å². The first-order chi connectivity index (χ1) is 13.5. The van der Waals surface area contributed by atoms with Crippen LogP contribution < -0.4 is 14.4 Å². The van der Waals surface area contributed by atoms with E-state index in [-0.39, 0.29) is 25.1 Å². The molecule has 0 saturated heterocycles. The van der Waals surface area contributed by atoms with E-state index < -0.39 is 0 Å². The van der Waals surface area contributed by atoms with E-state index in [2.05, 4.69) is 20.8 Å². The van der Waals surface area contributed by atoms with Crippen molar-refractivity contribution in [2.24, 2.45) is 0 Å². The number of carbonyl (C=O) groups is 1. The van der Waals surface area contributed by atoms with Crippen LogP contribution in [0.15, 0.2) is 40.9 Å². The molecular formula is C20H21BrClN3O3S. The standard InChI is InChI=1S/C20H20BrN3O3S.ClH/c1-23(2)8-5-9-24(19(25)13-6-3-4-7-14(13)21)20-22-15-10-16-17(27-12-26-16)11-18(15)28-20;/h3-4,6-7,10-11H,5,8-9,12H2,1-2H3;1H. The summed E-state index contributed by atoms with van der Waals surface area (Å²) in [5.41, 5.74) is 1.43. The lowest BCUT2D eigenvalue weighted by molar-refractivity contribution is 0.0985. The fourth-order valence-corrected chi connectivity index (χ4v) is 4.49. The molecule has 0 saturated carbocycles. The fourth-order valence-electron chi connectivity index (χ4n) is 3.03. The van der Waals surface area contributed by atoms with Crippen molar-refractivity contribution in [1.29, 1.82) is 0 Å². The second-order valence-corrected chi connectivity index (χ2v) is 8.63. The maximum absolute atomic E-state index is 13.3. The van der Waals surface area contributed by atoms with Crippen molar-refractivity contribution in [2.75, 3.05) is 38.9 Å². The van der Waals surface area contributed by atoms with Crippen molar-refractivity contribution in [3.63, 3.8) is 0 Å². The maximum atomic E-state index is 13.3. The highest BCUT2D eigenvalue weighted by atomic mass is 79.9. The second kappa shape index (κ2) is 9.30. The van der Waals surface area contributed by atoms with Gasteiger partial charge in [-0.2, -0.15) is 0 Å². The smallest absolute Gasteiger partial charge is 0.261 e. The molecule has 0 fully saturated rings. The number of anilines is 1. The van der Waals surface area contributed by atoms with E-state index in [1.165, 1.54) is 11.3 Å². The summed E-state index contributed by atoms with van der Waals surface area (Å²) in [5, 5.41) is 0.679. The Hall–Kier alpha value is -1.87. The van der Waals surface area contributed by atoms with Gasteiger partial charge in [0.2, 0.25) is 6.79 Å². The number of hydrogen-bond donors (Lipinski definition) is 0. The number of rotatable bonds is 6. The van der Waals surface area contributed by atoms with E-state index in [0.717, 1.165) is 33.4 Å². The molecule has 0 atom stereocenters. The molecule has 0 N–H and O–H groups in total. The molecule has 154 valence electrons. The number of fused-ring (bicyclic) bond motifs is 2. The molecule has 0 unspecified atom stereocenters. The highest BCUT2D eigenvalue weighted by Gasteiger charge is 2.24. The summed E-state index contributed by atoms with van der Waals surface area (Å²) in [6.45, 7) is 1.71. The summed E-state index contributed by atoms with van der Waals surface area (Å²) in [6.07, 6.45) is 0.849. The zero-order chi connectivity index (χ0) is 19.7. The number of carbonyl (C=O) groups excluding carboxylic acids is 1. The third-order valence-electron chi connectivity index (χ3n) is 4.44. The van der Waals surface area contributed by atoms with Gasteiger partial charge in [0, 0.05) is 23.2 Å². The average molecular weight is 499 g/mol. The van der Waals surface area contributed by atoms with Gasteiger partial charge in [-0.15, -0.1) is 12.4 Å². The minimum absolute atomic E-state index is 0. The molecule has 0 aliphatic carbocycles. The Morgan fingerprint density at radius 2 is 1.90 bits per heavy atom. The van der Waals surface area contributed by atoms with E-state index in [9.17, 15) is 4.79 Å². The number of thiazole rings is 1. The normalized spacial score (nSPS) is 12.3. The molecule has 0 radical (unpaired) electrons. The molecule has 1 amide bonds. The lowest BCUT2D eigenvalue weighted by Gasteiger charge is -2.21. The van der Waals surface area contributed by atoms with Gasteiger partial charge in [0.1, 0.15) is 0 Å². The first-order valence-electron chi connectivity index (χ1n) is 8.94. The molecule has 1 aliphatic heterocycles. The fraction of sp³-hybridized carbons (Fsp3) is 0.300. The van der Waals surface area contributed by atoms with E-state index in [1.54, 1.807) is 4.90 Å². The van der Waals surface area contributed by atoms with Crippen molar-refractivity contribution in [3.8, 4) is 11.5 Å². The summed E-state index contributed by atoms with van der Waals surface area (Å²) in [4.78, 5) is 21.9. The van der Waals surface area contributed by atoms with Crippen LogP contribution in [0.25, 0.3) is 10.2 Å². The van der Waals surface area contributed by atoms with E-state index >= 15 is 0 Å². The molecule has 2 heterocycles. The molecule has 2 aromatic carbocycles. The quantitative estimate of drug-likeness (QED) is 0.488. The number of ether oxygens (including phenoxy) is 2. The molecule has 1 aromatic heterocycles. The number of amides is 1. The predicted octanol–water partition coefficient (Wildman–Crippen LogP) is 4.81. The van der Waals surface area contributed by atoms with E-state index in [0.29, 0.717) is 23.0 Å². The lowest BCUT2D eigenvalue weighted by Crippen LogP contribution is -2.33. The zero-order valence-corrected chi connectivity index (χ0v) is 19.3. The molecule has 4 rings (SSSR count). The molecule has 29 heavy (non-hydrogen) atoms. The highest BCUT2D eigenvalue weighted by molar-refractivity contribution is 9.10. The summed E-state index contributed by atoms with van der Waals surface area (Å²) < 4.78 is 12.7. The number of benzene rings is 2. The Kier molecular flexibility index (Phi) is 7.00. The maximum Gasteiger partial charge on any atom is 0.261 e. The van der Waals surface area contributed by atoms with Crippen LogP contribution >= 0.6 is 39.7 Å². The lowest BCUT2D eigenvalue weighted by atomic mass is 10.2. The third kappa shape index (κ3) is 4.66. The van der Waals surface area contributed by atoms with Crippen molar-refractivity contribution in [3.05, 3.63) is 46.4 Å². The summed E-state index contributed by atoms with van der Waals surface area (Å²) in [7, 11) is 4.05. The first-order valence-corrected chi connectivity index (χ1v) is 10.5. The van der Waals surface area contributed by atoms with Crippen LogP contribution in [0, 0.1) is 0 Å². The van der Waals surface area contributed by atoms with E-state index in [1.807, 2.05) is 50.5 Å². The number of hydrogen-bond acceptors (Lipinski definition) is 6. The van der Waals surface area contributed by atoms with Crippen molar-refractivity contribution in [1.82, 2.24) is 9.88 Å². The van der Waals surface area contributed by atoms with Gasteiger partial charge in [0.05, 0.1) is 15.8 Å². The van der Waals surface area contributed by atoms with Crippen LogP contribution in [-0.2, 0) is 0 Å². The Morgan fingerprint density at radius 3 is 2.62 bits per heavy atom. The Bertz CT molecular complexity index is 986. The van der Waals surface area contributed by atoms with Crippen LogP contribution in [0.3, 0.4) is 0 Å². The average Bonchev–Trinajstić information content (AvgIpc) is 3.28. The molecule has 1 aliphatic rings. The monoisotopic (exact) mass is 497 g/mol. The number of nitrogens with zero attached hydrogens (tertiary/aromatic N) is 3. The summed E-state index contributed by atoms with van der Waals surface area (Å²) in [5.74, 6) is 1.35. The second-order valence-electron chi connectivity index (χ2n) is 6.76. The van der Waals surface area contributed by atoms with Crippen molar-refractivity contribution >= 4 is 60.9 Å². The molecule has 6 nitrogen and oxygen atoms in total. The Morgan fingerprint density at radius 1 is 1.17 bits per heavy atom. The number of aromatic nitrogens is 1. The molecule has 9 heteroatoms. The van der Waals surface area contributed by atoms with Gasteiger partial charge in [0.25, 0.3) is 5.91 Å². The molecule has 3 aromatic rings. The van der Waals surface area contributed by atoms with Gasteiger partial charge in [-0.3, -0.25) is 9.69 Å². The first kappa shape index (κ1) is 21.8. The molecule has 0 spiro atoms. The van der Waals surface area contributed by atoms with Crippen LogP contribution in [0.1, 0.15) is 16.8 Å². The van der Waals surface area contributed by atoms with Gasteiger partial charge < -0.3 is 14.4 Å². The van der Waals surface area contributed by atoms with Gasteiger partial charge in [-0.05, 0) is 55.1 Å².